The third-order valence-electron chi connectivity index (χ3n) is 3.23. The lowest BCUT2D eigenvalue weighted by Gasteiger charge is -2.19. The molecule has 7 heteroatoms. The molecule has 0 fully saturated rings. The van der Waals surface area contributed by atoms with Crippen LogP contribution in [-0.2, 0) is 16.1 Å². The van der Waals surface area contributed by atoms with Gasteiger partial charge in [-0.1, -0.05) is 6.07 Å². The molecule has 7 nitrogen and oxygen atoms in total. The van der Waals surface area contributed by atoms with Crippen molar-refractivity contribution in [1.29, 1.82) is 0 Å². The molecule has 0 saturated carbocycles. The Morgan fingerprint density at radius 2 is 2.05 bits per heavy atom. The largest absolute Gasteiger partial charge is 0.486 e. The van der Waals surface area contributed by atoms with Gasteiger partial charge in [-0.25, -0.2) is 5.43 Å². The van der Waals surface area contributed by atoms with Gasteiger partial charge in [-0.15, -0.1) is 0 Å². The molecule has 0 bridgehead atoms. The summed E-state index contributed by atoms with van der Waals surface area (Å²) in [5.41, 5.74) is 3.55. The van der Waals surface area contributed by atoms with E-state index >= 15 is 0 Å². The monoisotopic (exact) mass is 289 g/mol. The molecular formula is C14H15N3O4. The van der Waals surface area contributed by atoms with Gasteiger partial charge in [0.05, 0.1) is 0 Å². The Hall–Kier alpha value is -2.57. The number of amides is 2. The van der Waals surface area contributed by atoms with Crippen LogP contribution in [0.4, 0.5) is 0 Å². The number of nitrogens with one attached hydrogen (secondary N) is 2. The van der Waals surface area contributed by atoms with Crippen molar-refractivity contribution in [3.63, 3.8) is 0 Å². The maximum absolute atomic E-state index is 11.9. The SMILES string of the molecule is O=C1CCC(C(=O)NCc2ccc3c(c2)OCCO3)=NN1. The Bertz CT molecular complexity index is 612. The molecule has 110 valence electrons. The number of hydrogen-bond acceptors (Lipinski definition) is 5. The number of rotatable bonds is 3. The van der Waals surface area contributed by atoms with Crippen molar-refractivity contribution < 1.29 is 19.1 Å². The molecule has 2 aliphatic heterocycles. The van der Waals surface area contributed by atoms with Crippen molar-refractivity contribution in [2.24, 2.45) is 5.10 Å². The van der Waals surface area contributed by atoms with E-state index in [4.69, 9.17) is 9.47 Å². The summed E-state index contributed by atoms with van der Waals surface area (Å²) in [7, 11) is 0. The molecule has 2 aliphatic rings. The first kappa shape index (κ1) is 13.4. The van der Waals surface area contributed by atoms with E-state index in [9.17, 15) is 9.59 Å². The molecule has 0 aromatic heterocycles. The minimum atomic E-state index is -0.273. The zero-order valence-electron chi connectivity index (χ0n) is 11.3. The number of hydrazone groups is 1. The van der Waals surface area contributed by atoms with Crippen LogP contribution in [0.1, 0.15) is 18.4 Å². The second-order valence-electron chi connectivity index (χ2n) is 4.75. The third kappa shape index (κ3) is 3.13. The number of nitrogens with zero attached hydrogens (tertiary/aromatic N) is 1. The van der Waals surface area contributed by atoms with Crippen LogP contribution < -0.4 is 20.2 Å². The zero-order chi connectivity index (χ0) is 14.7. The number of fused-ring (bicyclic) bond motifs is 1. The molecule has 0 unspecified atom stereocenters. The van der Waals surface area contributed by atoms with Crippen molar-refractivity contribution in [3.8, 4) is 11.5 Å². The second-order valence-corrected chi connectivity index (χ2v) is 4.75. The highest BCUT2D eigenvalue weighted by Crippen LogP contribution is 2.30. The van der Waals surface area contributed by atoms with E-state index < -0.39 is 0 Å². The molecule has 0 radical (unpaired) electrons. The van der Waals surface area contributed by atoms with Crippen LogP contribution in [0.25, 0.3) is 0 Å². The first-order valence-electron chi connectivity index (χ1n) is 6.74. The Labute approximate surface area is 121 Å². The average Bonchev–Trinajstić information content (AvgIpc) is 2.53. The number of hydrogen-bond donors (Lipinski definition) is 2. The topological polar surface area (TPSA) is 89.0 Å². The highest BCUT2D eigenvalue weighted by Gasteiger charge is 2.18. The van der Waals surface area contributed by atoms with Crippen LogP contribution in [0, 0.1) is 0 Å². The van der Waals surface area contributed by atoms with Crippen LogP contribution in [0.15, 0.2) is 23.3 Å². The Morgan fingerprint density at radius 3 is 2.81 bits per heavy atom. The van der Waals surface area contributed by atoms with Crippen molar-refractivity contribution in [2.45, 2.75) is 19.4 Å². The molecular weight excluding hydrogens is 274 g/mol. The van der Waals surface area contributed by atoms with Gasteiger partial charge in [0.1, 0.15) is 18.9 Å². The quantitative estimate of drug-likeness (QED) is 0.839. The molecule has 3 rings (SSSR count). The summed E-state index contributed by atoms with van der Waals surface area (Å²) in [6, 6.07) is 5.55. The van der Waals surface area contributed by atoms with Crippen LogP contribution >= 0.6 is 0 Å². The van der Waals surface area contributed by atoms with Crippen molar-refractivity contribution >= 4 is 17.5 Å². The molecule has 0 aliphatic carbocycles. The van der Waals surface area contributed by atoms with Crippen LogP contribution in [-0.4, -0.2) is 30.7 Å². The molecule has 0 spiro atoms. The first-order chi connectivity index (χ1) is 10.2. The van der Waals surface area contributed by atoms with Gasteiger partial charge in [0.25, 0.3) is 5.91 Å². The van der Waals surface area contributed by atoms with E-state index in [-0.39, 0.29) is 18.2 Å². The number of carbonyl (C=O) groups excluding carboxylic acids is 2. The minimum absolute atomic E-state index is 0.168. The summed E-state index contributed by atoms with van der Waals surface area (Å²) in [6.07, 6.45) is 0.648. The first-order valence-corrected chi connectivity index (χ1v) is 6.74. The minimum Gasteiger partial charge on any atom is -0.486 e. The van der Waals surface area contributed by atoms with Gasteiger partial charge in [0.15, 0.2) is 11.5 Å². The Balaban J connectivity index is 1.60. The standard InChI is InChI=1S/C14H15N3O4/c18-13-4-2-10(16-17-13)14(19)15-8-9-1-3-11-12(7-9)21-6-5-20-11/h1,3,7H,2,4-6,8H2,(H,15,19)(H,17,18). The van der Waals surface area contributed by atoms with Gasteiger partial charge < -0.3 is 14.8 Å². The number of ether oxygens (including phenoxy) is 2. The van der Waals surface area contributed by atoms with Crippen molar-refractivity contribution in [1.82, 2.24) is 10.7 Å². The van der Waals surface area contributed by atoms with Gasteiger partial charge in [0.2, 0.25) is 5.91 Å². The zero-order valence-corrected chi connectivity index (χ0v) is 11.3. The third-order valence-corrected chi connectivity index (χ3v) is 3.23. The smallest absolute Gasteiger partial charge is 0.267 e. The maximum atomic E-state index is 11.9. The molecule has 1 aromatic rings. The fraction of sp³-hybridized carbons (Fsp3) is 0.357. The predicted molar refractivity (Wildman–Crippen MR) is 74.1 cm³/mol. The van der Waals surface area contributed by atoms with Gasteiger partial charge in [-0.3, -0.25) is 9.59 Å². The molecule has 2 heterocycles. The Kier molecular flexibility index (Phi) is 3.72. The van der Waals surface area contributed by atoms with Crippen molar-refractivity contribution in [3.05, 3.63) is 23.8 Å². The summed E-state index contributed by atoms with van der Waals surface area (Å²) in [4.78, 5) is 22.9. The van der Waals surface area contributed by atoms with Crippen LogP contribution in [0.3, 0.4) is 0 Å². The van der Waals surface area contributed by atoms with Gasteiger partial charge >= 0.3 is 0 Å². The highest BCUT2D eigenvalue weighted by atomic mass is 16.6. The lowest BCUT2D eigenvalue weighted by molar-refractivity contribution is -0.121. The van der Waals surface area contributed by atoms with E-state index in [0.29, 0.717) is 37.6 Å². The van der Waals surface area contributed by atoms with E-state index in [0.717, 1.165) is 11.3 Å². The lowest BCUT2D eigenvalue weighted by Crippen LogP contribution is -2.36. The lowest BCUT2D eigenvalue weighted by atomic mass is 10.1. The summed E-state index contributed by atoms with van der Waals surface area (Å²) < 4.78 is 10.9. The number of carbonyl (C=O) groups is 2. The van der Waals surface area contributed by atoms with E-state index in [2.05, 4.69) is 15.8 Å². The number of benzene rings is 1. The van der Waals surface area contributed by atoms with Gasteiger partial charge in [-0.2, -0.15) is 5.10 Å². The van der Waals surface area contributed by atoms with Gasteiger partial charge in [0, 0.05) is 19.4 Å². The second kappa shape index (κ2) is 5.82. The van der Waals surface area contributed by atoms with Crippen LogP contribution in [0.5, 0.6) is 11.5 Å². The molecule has 2 N–H and O–H groups in total. The summed E-state index contributed by atoms with van der Waals surface area (Å²) >= 11 is 0. The van der Waals surface area contributed by atoms with Crippen LogP contribution in [0.2, 0.25) is 0 Å². The average molecular weight is 289 g/mol. The van der Waals surface area contributed by atoms with E-state index in [1.165, 1.54) is 0 Å². The van der Waals surface area contributed by atoms with E-state index in [1.807, 2.05) is 18.2 Å². The normalized spacial score (nSPS) is 16.8. The molecule has 0 atom stereocenters. The fourth-order valence-corrected chi connectivity index (χ4v) is 2.12. The summed E-state index contributed by atoms with van der Waals surface area (Å²) in [5.74, 6) is 0.967. The van der Waals surface area contributed by atoms with E-state index in [1.54, 1.807) is 0 Å². The molecule has 21 heavy (non-hydrogen) atoms. The Morgan fingerprint density at radius 1 is 1.24 bits per heavy atom. The maximum Gasteiger partial charge on any atom is 0.267 e. The van der Waals surface area contributed by atoms with Gasteiger partial charge in [-0.05, 0) is 17.7 Å². The van der Waals surface area contributed by atoms with Crippen molar-refractivity contribution in [2.75, 3.05) is 13.2 Å². The molecule has 1 aromatic carbocycles. The summed E-state index contributed by atoms with van der Waals surface area (Å²) in [5, 5.41) is 6.53. The summed E-state index contributed by atoms with van der Waals surface area (Å²) in [6.45, 7) is 1.44. The molecule has 2 amide bonds. The predicted octanol–water partition coefficient (Wildman–Crippen LogP) is 0.340. The fourth-order valence-electron chi connectivity index (χ4n) is 2.12. The molecule has 0 saturated heterocycles. The highest BCUT2D eigenvalue weighted by molar-refractivity contribution is 6.39.